The standard InChI is InChI=1S/C21H23Cl2NO5S/c22-16-2-1-3-17(23)20(16)30(27,28)14-4-5-15-18(12-14)29-13-21(15)7-10-24(11-8-21)9-6-19(25)26/h1-5,12,19,25-26H,6-11,13H2. The van der Waals surface area contributed by atoms with Crippen molar-refractivity contribution < 1.29 is 23.4 Å². The lowest BCUT2D eigenvalue weighted by Gasteiger charge is -2.38. The summed E-state index contributed by atoms with van der Waals surface area (Å²) >= 11 is 12.3. The predicted molar refractivity (Wildman–Crippen MR) is 114 cm³/mol. The molecule has 2 N–H and O–H groups in total. The van der Waals surface area contributed by atoms with Crippen molar-refractivity contribution >= 4 is 33.0 Å². The van der Waals surface area contributed by atoms with Gasteiger partial charge in [0.15, 0.2) is 6.29 Å². The molecule has 1 spiro atoms. The van der Waals surface area contributed by atoms with E-state index >= 15 is 0 Å². The fraction of sp³-hybridized carbons (Fsp3) is 0.429. The Balaban J connectivity index is 1.58. The number of piperidine rings is 1. The van der Waals surface area contributed by atoms with Gasteiger partial charge in [0.25, 0.3) is 0 Å². The van der Waals surface area contributed by atoms with Gasteiger partial charge in [-0.3, -0.25) is 0 Å². The number of nitrogens with zero attached hydrogens (tertiary/aromatic N) is 1. The summed E-state index contributed by atoms with van der Waals surface area (Å²) in [7, 11) is -3.89. The summed E-state index contributed by atoms with van der Waals surface area (Å²) in [4.78, 5) is 2.21. The van der Waals surface area contributed by atoms with Crippen molar-refractivity contribution in [2.75, 3.05) is 26.2 Å². The summed E-state index contributed by atoms with van der Waals surface area (Å²) < 4.78 is 32.2. The molecule has 0 aromatic heterocycles. The molecule has 2 aliphatic heterocycles. The van der Waals surface area contributed by atoms with Crippen LogP contribution in [0.5, 0.6) is 5.75 Å². The molecule has 2 aromatic rings. The third kappa shape index (κ3) is 3.95. The topological polar surface area (TPSA) is 87.1 Å². The number of hydrogen-bond acceptors (Lipinski definition) is 6. The number of ether oxygens (including phenoxy) is 1. The van der Waals surface area contributed by atoms with Crippen LogP contribution in [0.3, 0.4) is 0 Å². The van der Waals surface area contributed by atoms with E-state index in [-0.39, 0.29) is 25.3 Å². The molecule has 2 aromatic carbocycles. The van der Waals surface area contributed by atoms with Gasteiger partial charge in [-0.25, -0.2) is 8.42 Å². The molecule has 2 heterocycles. The summed E-state index contributed by atoms with van der Waals surface area (Å²) in [5.41, 5.74) is 0.877. The van der Waals surface area contributed by atoms with Gasteiger partial charge in [-0.05, 0) is 50.2 Å². The van der Waals surface area contributed by atoms with E-state index in [9.17, 15) is 8.42 Å². The summed E-state index contributed by atoms with van der Waals surface area (Å²) in [6.07, 6.45) is 0.767. The molecule has 0 aliphatic carbocycles. The van der Waals surface area contributed by atoms with E-state index in [1.807, 2.05) is 6.07 Å². The van der Waals surface area contributed by atoms with Crippen molar-refractivity contribution in [1.29, 1.82) is 0 Å². The van der Waals surface area contributed by atoms with Gasteiger partial charge in [0.1, 0.15) is 10.6 Å². The summed E-state index contributed by atoms with van der Waals surface area (Å²) in [6.45, 7) is 2.79. The Morgan fingerprint density at radius 3 is 2.40 bits per heavy atom. The minimum absolute atomic E-state index is 0.0840. The van der Waals surface area contributed by atoms with Crippen molar-refractivity contribution in [3.05, 3.63) is 52.0 Å². The van der Waals surface area contributed by atoms with Gasteiger partial charge in [0.2, 0.25) is 9.84 Å². The Hall–Kier alpha value is -1.35. The molecule has 0 atom stereocenters. The van der Waals surface area contributed by atoms with E-state index in [4.69, 9.17) is 38.2 Å². The molecular formula is C21H23Cl2NO5S. The molecule has 4 rings (SSSR count). The molecule has 1 fully saturated rings. The third-order valence-corrected chi connectivity index (χ3v) is 8.75. The van der Waals surface area contributed by atoms with Crippen LogP contribution in [-0.2, 0) is 15.3 Å². The molecule has 0 amide bonds. The number of halogens is 2. The van der Waals surface area contributed by atoms with E-state index in [0.717, 1.165) is 31.5 Å². The van der Waals surface area contributed by atoms with Gasteiger partial charge < -0.3 is 19.8 Å². The second-order valence-corrected chi connectivity index (χ2v) is 10.6. The van der Waals surface area contributed by atoms with Crippen LogP contribution in [0.15, 0.2) is 46.2 Å². The van der Waals surface area contributed by atoms with Gasteiger partial charge in [-0.15, -0.1) is 0 Å². The minimum Gasteiger partial charge on any atom is -0.492 e. The smallest absolute Gasteiger partial charge is 0.209 e. The Morgan fingerprint density at radius 1 is 1.10 bits per heavy atom. The average Bonchev–Trinajstić information content (AvgIpc) is 3.05. The highest BCUT2D eigenvalue weighted by Crippen LogP contribution is 2.47. The van der Waals surface area contributed by atoms with Crippen molar-refractivity contribution in [2.45, 2.75) is 40.8 Å². The highest BCUT2D eigenvalue weighted by molar-refractivity contribution is 7.91. The van der Waals surface area contributed by atoms with Crippen LogP contribution in [-0.4, -0.2) is 56.1 Å². The number of likely N-dealkylation sites (tertiary alicyclic amines) is 1. The van der Waals surface area contributed by atoms with Crippen LogP contribution in [0.25, 0.3) is 0 Å². The first kappa shape index (κ1) is 21.9. The molecule has 9 heteroatoms. The number of aliphatic hydroxyl groups is 2. The van der Waals surface area contributed by atoms with Crippen LogP contribution in [0.1, 0.15) is 24.8 Å². The molecule has 1 saturated heterocycles. The molecule has 162 valence electrons. The second kappa shape index (κ2) is 8.30. The molecule has 6 nitrogen and oxygen atoms in total. The minimum atomic E-state index is -3.89. The zero-order valence-electron chi connectivity index (χ0n) is 16.2. The molecule has 0 radical (unpaired) electrons. The normalized spacial score (nSPS) is 18.6. The van der Waals surface area contributed by atoms with Crippen LogP contribution >= 0.6 is 23.2 Å². The lowest BCUT2D eigenvalue weighted by Crippen LogP contribution is -2.44. The SMILES string of the molecule is O=S(=O)(c1ccc2c(c1)OCC21CCN(CCC(O)O)CC1)c1c(Cl)cccc1Cl. The quantitative estimate of drug-likeness (QED) is 0.650. The molecular weight excluding hydrogens is 449 g/mol. The van der Waals surface area contributed by atoms with Crippen molar-refractivity contribution in [2.24, 2.45) is 0 Å². The van der Waals surface area contributed by atoms with Crippen LogP contribution in [0.2, 0.25) is 10.0 Å². The zero-order chi connectivity index (χ0) is 21.5. The molecule has 2 aliphatic rings. The lowest BCUT2D eigenvalue weighted by molar-refractivity contribution is -0.0520. The van der Waals surface area contributed by atoms with Crippen LogP contribution < -0.4 is 4.74 Å². The largest absolute Gasteiger partial charge is 0.492 e. The van der Waals surface area contributed by atoms with Crippen LogP contribution in [0.4, 0.5) is 0 Å². The number of fused-ring (bicyclic) bond motifs is 2. The van der Waals surface area contributed by atoms with Gasteiger partial charge in [-0.1, -0.05) is 35.3 Å². The molecule has 0 unspecified atom stereocenters. The van der Waals surface area contributed by atoms with Gasteiger partial charge in [-0.2, -0.15) is 0 Å². The zero-order valence-corrected chi connectivity index (χ0v) is 18.6. The first-order chi connectivity index (χ1) is 14.2. The molecule has 0 bridgehead atoms. The van der Waals surface area contributed by atoms with E-state index < -0.39 is 16.1 Å². The fourth-order valence-electron chi connectivity index (χ4n) is 4.29. The van der Waals surface area contributed by atoms with E-state index in [1.165, 1.54) is 12.1 Å². The van der Waals surface area contributed by atoms with Gasteiger partial charge in [0.05, 0.1) is 21.5 Å². The number of rotatable bonds is 5. The summed E-state index contributed by atoms with van der Waals surface area (Å²) in [6, 6.07) is 9.61. The maximum Gasteiger partial charge on any atom is 0.209 e. The van der Waals surface area contributed by atoms with E-state index in [0.29, 0.717) is 25.3 Å². The van der Waals surface area contributed by atoms with Crippen molar-refractivity contribution in [1.82, 2.24) is 4.90 Å². The fourth-order valence-corrected chi connectivity index (χ4v) is 6.70. The predicted octanol–water partition coefficient (Wildman–Crippen LogP) is 3.25. The van der Waals surface area contributed by atoms with Gasteiger partial charge in [0, 0.05) is 23.9 Å². The highest BCUT2D eigenvalue weighted by atomic mass is 35.5. The van der Waals surface area contributed by atoms with Gasteiger partial charge >= 0.3 is 0 Å². The van der Waals surface area contributed by atoms with Crippen LogP contribution in [0, 0.1) is 0 Å². The number of sulfone groups is 1. The lowest BCUT2D eigenvalue weighted by atomic mass is 9.74. The third-order valence-electron chi connectivity index (χ3n) is 6.04. The summed E-state index contributed by atoms with van der Waals surface area (Å²) in [5, 5.41) is 18.3. The first-order valence-corrected chi connectivity index (χ1v) is 12.0. The molecule has 30 heavy (non-hydrogen) atoms. The maximum absolute atomic E-state index is 13.1. The number of aliphatic hydroxyl groups excluding tert-OH is 1. The second-order valence-electron chi connectivity index (χ2n) is 7.89. The Labute approximate surface area is 185 Å². The Kier molecular flexibility index (Phi) is 6.05. The maximum atomic E-state index is 13.1. The Morgan fingerprint density at radius 2 is 1.77 bits per heavy atom. The van der Waals surface area contributed by atoms with E-state index in [2.05, 4.69) is 4.90 Å². The first-order valence-electron chi connectivity index (χ1n) is 9.78. The van der Waals surface area contributed by atoms with Crippen molar-refractivity contribution in [3.8, 4) is 5.75 Å². The summed E-state index contributed by atoms with van der Waals surface area (Å²) in [5.74, 6) is 0.582. The van der Waals surface area contributed by atoms with E-state index in [1.54, 1.807) is 18.2 Å². The average molecular weight is 472 g/mol. The molecule has 0 saturated carbocycles. The monoisotopic (exact) mass is 471 g/mol. The highest BCUT2D eigenvalue weighted by Gasteiger charge is 2.43. The number of hydrogen-bond donors (Lipinski definition) is 2. The van der Waals surface area contributed by atoms with Crippen molar-refractivity contribution in [3.63, 3.8) is 0 Å². The Bertz CT molecular complexity index is 1030. The number of benzene rings is 2.